The Morgan fingerprint density at radius 2 is 1.86 bits per heavy atom. The van der Waals surface area contributed by atoms with Crippen molar-refractivity contribution in [1.82, 2.24) is 4.57 Å². The largest absolute Gasteiger partial charge is 0.318 e. The fourth-order valence-electron chi connectivity index (χ4n) is 2.17. The van der Waals surface area contributed by atoms with Crippen LogP contribution in [0.3, 0.4) is 0 Å². The van der Waals surface area contributed by atoms with Gasteiger partial charge in [-0.05, 0) is 44.2 Å². The zero-order valence-electron chi connectivity index (χ0n) is 12.5. The third kappa shape index (κ3) is 3.18. The van der Waals surface area contributed by atoms with Crippen LogP contribution in [-0.4, -0.2) is 16.5 Å². The van der Waals surface area contributed by atoms with Crippen LogP contribution < -0.4 is 10.5 Å². The van der Waals surface area contributed by atoms with E-state index in [4.69, 9.17) is 23.2 Å². The summed E-state index contributed by atoms with van der Waals surface area (Å²) in [6.45, 7) is 3.74. The van der Waals surface area contributed by atoms with E-state index in [0.717, 1.165) is 0 Å². The number of hydrogen-bond acceptors (Lipinski definition) is 2. The number of benzene rings is 1. The van der Waals surface area contributed by atoms with E-state index in [1.54, 1.807) is 37.5 Å². The van der Waals surface area contributed by atoms with Gasteiger partial charge in [0.25, 0.3) is 11.5 Å². The Morgan fingerprint density at radius 1 is 1.18 bits per heavy atom. The van der Waals surface area contributed by atoms with Crippen LogP contribution in [0.15, 0.2) is 41.3 Å². The first-order valence-corrected chi connectivity index (χ1v) is 7.52. The average Bonchev–Trinajstić information content (AvgIpc) is 2.45. The Morgan fingerprint density at radius 3 is 2.45 bits per heavy atom. The predicted octanol–water partition coefficient (Wildman–Crippen LogP) is 3.75. The molecule has 116 valence electrons. The molecule has 1 heterocycles. The monoisotopic (exact) mass is 338 g/mol. The minimum Gasteiger partial charge on any atom is -0.318 e. The first-order valence-electron chi connectivity index (χ1n) is 6.77. The maximum Gasteiger partial charge on any atom is 0.264 e. The van der Waals surface area contributed by atoms with E-state index in [2.05, 4.69) is 0 Å². The molecule has 0 saturated carbocycles. The molecule has 22 heavy (non-hydrogen) atoms. The number of carbonyl (C=O) groups excluding carboxylic acids is 1. The van der Waals surface area contributed by atoms with Gasteiger partial charge in [-0.25, -0.2) is 0 Å². The van der Waals surface area contributed by atoms with Crippen LogP contribution in [0.1, 0.15) is 24.2 Å². The van der Waals surface area contributed by atoms with Gasteiger partial charge in [-0.1, -0.05) is 23.2 Å². The van der Waals surface area contributed by atoms with Crippen LogP contribution >= 0.6 is 23.2 Å². The van der Waals surface area contributed by atoms with Gasteiger partial charge >= 0.3 is 0 Å². The van der Waals surface area contributed by atoms with Gasteiger partial charge < -0.3 is 9.47 Å². The van der Waals surface area contributed by atoms with Crippen molar-refractivity contribution in [1.29, 1.82) is 0 Å². The van der Waals surface area contributed by atoms with E-state index in [1.807, 2.05) is 13.8 Å². The molecule has 6 heteroatoms. The highest BCUT2D eigenvalue weighted by Gasteiger charge is 2.23. The van der Waals surface area contributed by atoms with Gasteiger partial charge in [0.15, 0.2) is 0 Å². The summed E-state index contributed by atoms with van der Waals surface area (Å²) in [6.07, 6.45) is 1.61. The molecule has 0 fully saturated rings. The Hall–Kier alpha value is -1.78. The standard InChI is InChI=1S/C16H16Cl2N2O2/c1-10(2)20(11-6-7-13(17)14(18)9-11)16(22)12-5-4-8-19(3)15(12)21/h4-10H,1-3H3. The van der Waals surface area contributed by atoms with Crippen molar-refractivity contribution >= 4 is 34.8 Å². The molecule has 0 bridgehead atoms. The van der Waals surface area contributed by atoms with Crippen LogP contribution in [0, 0.1) is 0 Å². The molecule has 0 atom stereocenters. The number of carbonyl (C=O) groups is 1. The van der Waals surface area contributed by atoms with Crippen molar-refractivity contribution in [3.63, 3.8) is 0 Å². The third-order valence-electron chi connectivity index (χ3n) is 3.27. The summed E-state index contributed by atoms with van der Waals surface area (Å²) in [5.41, 5.74) is 0.378. The number of pyridine rings is 1. The highest BCUT2D eigenvalue weighted by molar-refractivity contribution is 6.42. The topological polar surface area (TPSA) is 42.3 Å². The first-order chi connectivity index (χ1) is 10.3. The highest BCUT2D eigenvalue weighted by atomic mass is 35.5. The van der Waals surface area contributed by atoms with Gasteiger partial charge in [-0.15, -0.1) is 0 Å². The molecule has 0 aliphatic rings. The predicted molar refractivity (Wildman–Crippen MR) is 90.1 cm³/mol. The SMILES string of the molecule is CC(C)N(C(=O)c1cccn(C)c1=O)c1ccc(Cl)c(Cl)c1. The number of anilines is 1. The van der Waals surface area contributed by atoms with Gasteiger partial charge in [-0.3, -0.25) is 9.59 Å². The Labute approximate surface area is 138 Å². The Bertz CT molecular complexity index is 769. The second-order valence-electron chi connectivity index (χ2n) is 5.21. The van der Waals surface area contributed by atoms with Crippen molar-refractivity contribution in [3.8, 4) is 0 Å². The number of nitrogens with zero attached hydrogens (tertiary/aromatic N) is 2. The number of halogens is 2. The average molecular weight is 339 g/mol. The minimum atomic E-state index is -0.366. The van der Waals surface area contributed by atoms with E-state index in [9.17, 15) is 9.59 Å². The molecule has 1 aromatic carbocycles. The molecule has 0 unspecified atom stereocenters. The van der Waals surface area contributed by atoms with E-state index in [0.29, 0.717) is 15.7 Å². The van der Waals surface area contributed by atoms with Gasteiger partial charge in [-0.2, -0.15) is 0 Å². The molecular weight excluding hydrogens is 323 g/mol. The lowest BCUT2D eigenvalue weighted by Gasteiger charge is -2.27. The molecular formula is C16H16Cl2N2O2. The molecule has 4 nitrogen and oxygen atoms in total. The summed E-state index contributed by atoms with van der Waals surface area (Å²) in [7, 11) is 1.61. The summed E-state index contributed by atoms with van der Waals surface area (Å²) in [4.78, 5) is 26.5. The molecule has 1 aromatic heterocycles. The van der Waals surface area contributed by atoms with Gasteiger partial charge in [0.1, 0.15) is 5.56 Å². The van der Waals surface area contributed by atoms with Crippen LogP contribution in [-0.2, 0) is 7.05 Å². The van der Waals surface area contributed by atoms with E-state index in [1.165, 1.54) is 15.5 Å². The van der Waals surface area contributed by atoms with Gasteiger partial charge in [0, 0.05) is 25.0 Å². The lowest BCUT2D eigenvalue weighted by Crippen LogP contribution is -2.40. The van der Waals surface area contributed by atoms with Gasteiger partial charge in [0.2, 0.25) is 0 Å². The fraction of sp³-hybridized carbons (Fsp3) is 0.250. The summed E-state index contributed by atoms with van der Waals surface area (Å²) in [6, 6.07) is 8.01. The second-order valence-corrected chi connectivity index (χ2v) is 6.02. The zero-order chi connectivity index (χ0) is 16.4. The normalized spacial score (nSPS) is 10.8. The number of rotatable bonds is 3. The van der Waals surface area contributed by atoms with Crippen molar-refractivity contribution in [2.45, 2.75) is 19.9 Å². The number of amides is 1. The van der Waals surface area contributed by atoms with E-state index in [-0.39, 0.29) is 23.1 Å². The number of aryl methyl sites for hydroxylation is 1. The lowest BCUT2D eigenvalue weighted by atomic mass is 10.1. The summed E-state index contributed by atoms with van der Waals surface area (Å²) in [5, 5.41) is 0.774. The third-order valence-corrected chi connectivity index (χ3v) is 4.01. The zero-order valence-corrected chi connectivity index (χ0v) is 14.0. The van der Waals surface area contributed by atoms with Crippen LogP contribution in [0.5, 0.6) is 0 Å². The van der Waals surface area contributed by atoms with Crippen molar-refractivity contribution in [2.24, 2.45) is 7.05 Å². The summed E-state index contributed by atoms with van der Waals surface area (Å²) >= 11 is 12.0. The molecule has 2 rings (SSSR count). The maximum atomic E-state index is 12.8. The minimum absolute atomic E-state index is 0.116. The Balaban J connectivity index is 2.52. The van der Waals surface area contributed by atoms with Crippen molar-refractivity contribution in [3.05, 3.63) is 62.5 Å². The Kier molecular flexibility index (Phi) is 4.94. The molecule has 0 aliphatic carbocycles. The highest BCUT2D eigenvalue weighted by Crippen LogP contribution is 2.28. The van der Waals surface area contributed by atoms with E-state index >= 15 is 0 Å². The van der Waals surface area contributed by atoms with Crippen molar-refractivity contribution < 1.29 is 4.79 Å². The molecule has 1 amide bonds. The molecule has 0 aliphatic heterocycles. The number of aromatic nitrogens is 1. The molecule has 0 radical (unpaired) electrons. The van der Waals surface area contributed by atoms with Crippen molar-refractivity contribution in [2.75, 3.05) is 4.90 Å². The lowest BCUT2D eigenvalue weighted by molar-refractivity contribution is 0.0978. The second kappa shape index (κ2) is 6.55. The van der Waals surface area contributed by atoms with Crippen LogP contribution in [0.25, 0.3) is 0 Å². The molecule has 2 aromatic rings. The fourth-order valence-corrected chi connectivity index (χ4v) is 2.47. The molecule has 0 N–H and O–H groups in total. The summed E-state index contributed by atoms with van der Waals surface area (Å²) < 4.78 is 1.38. The first kappa shape index (κ1) is 16.6. The quantitative estimate of drug-likeness (QED) is 0.855. The van der Waals surface area contributed by atoms with Crippen LogP contribution in [0.4, 0.5) is 5.69 Å². The molecule has 0 saturated heterocycles. The van der Waals surface area contributed by atoms with Gasteiger partial charge in [0.05, 0.1) is 10.0 Å². The number of hydrogen-bond donors (Lipinski definition) is 0. The molecule has 0 spiro atoms. The smallest absolute Gasteiger partial charge is 0.264 e. The van der Waals surface area contributed by atoms with E-state index < -0.39 is 0 Å². The maximum absolute atomic E-state index is 12.8. The van der Waals surface area contributed by atoms with Crippen LogP contribution in [0.2, 0.25) is 10.0 Å². The summed E-state index contributed by atoms with van der Waals surface area (Å²) in [5.74, 6) is -0.366.